The van der Waals surface area contributed by atoms with Crippen molar-refractivity contribution >= 4 is 51.9 Å². The van der Waals surface area contributed by atoms with Crippen molar-refractivity contribution in [3.8, 4) is 0 Å². The molecule has 0 N–H and O–H groups in total. The number of thioether (sulfide) groups is 1. The van der Waals surface area contributed by atoms with Crippen LogP contribution in [0.4, 0.5) is 4.39 Å². The average molecular weight is 449 g/mol. The number of aromatic nitrogens is 2. The Labute approximate surface area is 182 Å². The highest BCUT2D eigenvalue weighted by Gasteiger charge is 2.61. The molecule has 150 valence electrons. The zero-order valence-electron chi connectivity index (χ0n) is 15.9. The molecule has 0 spiro atoms. The summed E-state index contributed by atoms with van der Waals surface area (Å²) in [5, 5.41) is 0.628. The highest BCUT2D eigenvalue weighted by Crippen LogP contribution is 2.60. The summed E-state index contributed by atoms with van der Waals surface area (Å²) in [6.07, 6.45) is 1.75. The fraction of sp³-hybridized carbons (Fsp3) is 0.273. The molecule has 2 aromatic carbocycles. The van der Waals surface area contributed by atoms with Crippen molar-refractivity contribution in [1.82, 2.24) is 9.55 Å². The van der Waals surface area contributed by atoms with Gasteiger partial charge in [-0.15, -0.1) is 0 Å². The Morgan fingerprint density at radius 2 is 1.90 bits per heavy atom. The number of halogens is 3. The minimum atomic E-state index is -0.269. The van der Waals surface area contributed by atoms with Gasteiger partial charge in [-0.2, -0.15) is 0 Å². The summed E-state index contributed by atoms with van der Waals surface area (Å²) in [6.45, 7) is 4.08. The Kier molecular flexibility index (Phi) is 5.49. The second-order valence-corrected chi connectivity index (χ2v) is 9.70. The number of hydrogen-bond acceptors (Lipinski definition) is 3. The van der Waals surface area contributed by atoms with E-state index in [1.165, 1.54) is 23.9 Å². The minimum absolute atomic E-state index is 0.0128. The van der Waals surface area contributed by atoms with E-state index in [1.54, 1.807) is 22.8 Å². The van der Waals surface area contributed by atoms with E-state index < -0.39 is 0 Å². The van der Waals surface area contributed by atoms with Gasteiger partial charge in [0.15, 0.2) is 5.16 Å². The number of carbonyl (C=O) groups is 1. The number of nitrogens with zero attached hydrogens (tertiary/aromatic N) is 2. The van der Waals surface area contributed by atoms with Crippen molar-refractivity contribution in [2.75, 3.05) is 0 Å². The zero-order chi connectivity index (χ0) is 20.8. The number of imidazole rings is 1. The molecule has 1 saturated carbocycles. The summed E-state index contributed by atoms with van der Waals surface area (Å²) in [5.74, 6) is 0.0612. The second kappa shape index (κ2) is 7.78. The number of para-hydroxylation sites is 2. The lowest BCUT2D eigenvalue weighted by atomic mass is 10.1. The van der Waals surface area contributed by atoms with Gasteiger partial charge in [0, 0.05) is 5.75 Å². The molecule has 3 aromatic rings. The van der Waals surface area contributed by atoms with Gasteiger partial charge >= 0.3 is 0 Å². The highest BCUT2D eigenvalue weighted by molar-refractivity contribution is 7.98. The number of hydrogen-bond donors (Lipinski definition) is 0. The van der Waals surface area contributed by atoms with Crippen molar-refractivity contribution in [3.63, 3.8) is 0 Å². The number of rotatable bonds is 5. The minimum Gasteiger partial charge on any atom is -0.274 e. The molecule has 1 fully saturated rings. The first-order valence-corrected chi connectivity index (χ1v) is 10.9. The Bertz CT molecular complexity index is 1100. The van der Waals surface area contributed by atoms with Crippen LogP contribution < -0.4 is 0 Å². The standard InChI is InChI=1S/C22H19Cl2FN2OS/c1-22(2)15(11-18(23)24)19(22)20(28)27-17-6-4-3-5-16(17)26-21(27)29-12-13-7-9-14(25)10-8-13/h3-11,15,19H,12H2,1-2H3. The molecule has 0 amide bonds. The lowest BCUT2D eigenvalue weighted by Gasteiger charge is -2.09. The molecule has 1 heterocycles. The molecular formula is C22H19Cl2FN2OS. The van der Waals surface area contributed by atoms with Crippen molar-refractivity contribution in [2.45, 2.75) is 24.8 Å². The van der Waals surface area contributed by atoms with Crippen LogP contribution in [0.1, 0.15) is 24.2 Å². The quantitative estimate of drug-likeness (QED) is 0.407. The van der Waals surface area contributed by atoms with Crippen molar-refractivity contribution < 1.29 is 9.18 Å². The van der Waals surface area contributed by atoms with Crippen molar-refractivity contribution in [1.29, 1.82) is 0 Å². The van der Waals surface area contributed by atoms with Gasteiger partial charge in [-0.25, -0.2) is 9.37 Å². The van der Waals surface area contributed by atoms with Crippen LogP contribution in [0.5, 0.6) is 0 Å². The normalized spacial score (nSPS) is 19.9. The van der Waals surface area contributed by atoms with Crippen LogP contribution >= 0.6 is 35.0 Å². The van der Waals surface area contributed by atoms with Gasteiger partial charge < -0.3 is 0 Å². The number of benzene rings is 2. The van der Waals surface area contributed by atoms with E-state index in [2.05, 4.69) is 4.98 Å². The Balaban J connectivity index is 1.68. The SMILES string of the molecule is CC1(C)C(C=C(Cl)Cl)C1C(=O)n1c(SCc2ccc(F)cc2)nc2ccccc21. The van der Waals surface area contributed by atoms with Crippen molar-refractivity contribution in [3.05, 3.63) is 70.5 Å². The second-order valence-electron chi connectivity index (χ2n) is 7.75. The predicted molar refractivity (Wildman–Crippen MR) is 117 cm³/mol. The van der Waals surface area contributed by atoms with E-state index in [4.69, 9.17) is 23.2 Å². The predicted octanol–water partition coefficient (Wildman–Crippen LogP) is 6.70. The van der Waals surface area contributed by atoms with Crippen molar-refractivity contribution in [2.24, 2.45) is 17.3 Å². The maximum Gasteiger partial charge on any atom is 0.237 e. The van der Waals surface area contributed by atoms with Gasteiger partial charge in [0.25, 0.3) is 0 Å². The van der Waals surface area contributed by atoms with Gasteiger partial charge in [-0.1, -0.05) is 73.1 Å². The van der Waals surface area contributed by atoms with E-state index in [1.807, 2.05) is 38.1 Å². The number of carbonyl (C=O) groups excluding carboxylic acids is 1. The van der Waals surface area contributed by atoms with Crippen LogP contribution in [-0.4, -0.2) is 15.5 Å². The first kappa shape index (κ1) is 20.5. The van der Waals surface area contributed by atoms with Crippen LogP contribution in [0, 0.1) is 23.1 Å². The third-order valence-corrected chi connectivity index (χ3v) is 6.78. The molecule has 0 bridgehead atoms. The lowest BCUT2D eigenvalue weighted by Crippen LogP contribution is -2.17. The monoisotopic (exact) mass is 448 g/mol. The summed E-state index contributed by atoms with van der Waals surface area (Å²) in [5.41, 5.74) is 2.28. The van der Waals surface area contributed by atoms with Gasteiger partial charge in [0.2, 0.25) is 5.91 Å². The highest BCUT2D eigenvalue weighted by atomic mass is 35.5. The molecule has 0 saturated heterocycles. The summed E-state index contributed by atoms with van der Waals surface area (Å²) in [6, 6.07) is 13.9. The van der Waals surface area contributed by atoms with Gasteiger partial charge in [-0.3, -0.25) is 9.36 Å². The molecule has 1 aromatic heterocycles. The van der Waals surface area contributed by atoms with E-state index in [0.29, 0.717) is 10.9 Å². The van der Waals surface area contributed by atoms with E-state index in [-0.39, 0.29) is 33.5 Å². The maximum atomic E-state index is 13.5. The molecule has 0 radical (unpaired) electrons. The van der Waals surface area contributed by atoms with Crippen LogP contribution in [0.2, 0.25) is 0 Å². The molecular weight excluding hydrogens is 430 g/mol. The molecule has 3 nitrogen and oxygen atoms in total. The van der Waals surface area contributed by atoms with E-state index in [9.17, 15) is 9.18 Å². The molecule has 2 unspecified atom stereocenters. The lowest BCUT2D eigenvalue weighted by molar-refractivity contribution is 0.0862. The Morgan fingerprint density at radius 1 is 1.21 bits per heavy atom. The fourth-order valence-corrected chi connectivity index (χ4v) is 5.02. The third-order valence-electron chi connectivity index (χ3n) is 5.51. The number of fused-ring (bicyclic) bond motifs is 1. The topological polar surface area (TPSA) is 34.9 Å². The molecule has 7 heteroatoms. The van der Waals surface area contributed by atoms with Crippen LogP contribution in [0.3, 0.4) is 0 Å². The third kappa shape index (κ3) is 3.96. The average Bonchev–Trinajstić information content (AvgIpc) is 3.03. The van der Waals surface area contributed by atoms with E-state index in [0.717, 1.165) is 16.6 Å². The molecule has 2 atom stereocenters. The van der Waals surface area contributed by atoms with E-state index >= 15 is 0 Å². The molecule has 0 aliphatic heterocycles. The van der Waals surface area contributed by atoms with Gasteiger partial charge in [0.1, 0.15) is 10.3 Å². The van der Waals surface area contributed by atoms with Gasteiger partial charge in [0.05, 0.1) is 17.0 Å². The largest absolute Gasteiger partial charge is 0.274 e. The molecule has 1 aliphatic rings. The van der Waals surface area contributed by atoms with Gasteiger partial charge in [-0.05, 0) is 47.2 Å². The molecule has 4 rings (SSSR count). The van der Waals surface area contributed by atoms with Crippen LogP contribution in [-0.2, 0) is 5.75 Å². The van der Waals surface area contributed by atoms with Crippen LogP contribution in [0.25, 0.3) is 11.0 Å². The Hall–Kier alpha value is -1.82. The maximum absolute atomic E-state index is 13.5. The first-order chi connectivity index (χ1) is 13.8. The summed E-state index contributed by atoms with van der Waals surface area (Å²) in [7, 11) is 0. The summed E-state index contributed by atoms with van der Waals surface area (Å²) >= 11 is 13.2. The fourth-order valence-electron chi connectivity index (χ4n) is 3.78. The summed E-state index contributed by atoms with van der Waals surface area (Å²) < 4.78 is 15.0. The van der Waals surface area contributed by atoms with Crippen LogP contribution in [0.15, 0.2) is 64.3 Å². The Morgan fingerprint density at radius 3 is 2.59 bits per heavy atom. The number of allylic oxidation sites excluding steroid dienone is 1. The molecule has 29 heavy (non-hydrogen) atoms. The smallest absolute Gasteiger partial charge is 0.237 e. The molecule has 1 aliphatic carbocycles. The first-order valence-electron chi connectivity index (χ1n) is 9.21. The zero-order valence-corrected chi connectivity index (χ0v) is 18.2. The summed E-state index contributed by atoms with van der Waals surface area (Å²) in [4.78, 5) is 18.2.